The number of hydrogen-bond acceptors (Lipinski definition) is 3. The molecule has 1 atom stereocenters. The summed E-state index contributed by atoms with van der Waals surface area (Å²) in [7, 11) is -1.66. The lowest BCUT2D eigenvalue weighted by Crippen LogP contribution is -4.05. The number of benzene rings is 1. The Bertz CT molecular complexity index is 590. The van der Waals surface area contributed by atoms with Crippen LogP contribution < -0.4 is 31.4 Å². The van der Waals surface area contributed by atoms with Crippen LogP contribution in [0.1, 0.15) is 23.6 Å². The van der Waals surface area contributed by atoms with Crippen molar-refractivity contribution in [3.63, 3.8) is 0 Å². The van der Waals surface area contributed by atoms with Crippen molar-refractivity contribution in [1.29, 1.82) is 0 Å². The van der Waals surface area contributed by atoms with Crippen LogP contribution in [-0.4, -0.2) is 0 Å². The van der Waals surface area contributed by atoms with Crippen LogP contribution in [0.4, 0.5) is 13.2 Å². The molecule has 1 saturated carbocycles. The molecule has 1 fully saturated rings. The summed E-state index contributed by atoms with van der Waals surface area (Å²) in [4.78, 5) is 0.605. The second-order valence-corrected chi connectivity index (χ2v) is 7.36. The average Bonchev–Trinajstić information content (AvgIpc) is 3.06. The third-order valence-electron chi connectivity index (χ3n) is 2.88. The Morgan fingerprint density at radius 2 is 1.65 bits per heavy atom. The fourth-order valence-corrected chi connectivity index (χ4v) is 4.20. The molecule has 1 heterocycles. The highest BCUT2D eigenvalue weighted by atomic mass is 127. The highest BCUT2D eigenvalue weighted by Gasteiger charge is 2.50. The van der Waals surface area contributed by atoms with E-state index in [2.05, 4.69) is 0 Å². The topological polar surface area (TPSA) is 69.2 Å². The fraction of sp³-hybridized carbons (Fsp3) is 0.333. The summed E-state index contributed by atoms with van der Waals surface area (Å²) in [5.41, 5.74) is -4.12. The quantitative estimate of drug-likeness (QED) is 0.413. The normalized spacial score (nSPS) is 16.2. The van der Waals surface area contributed by atoms with Gasteiger partial charge in [0.05, 0.1) is 10.5 Å². The summed E-state index contributed by atoms with van der Waals surface area (Å²) in [5, 5.41) is 0.755. The van der Waals surface area contributed by atoms with Gasteiger partial charge in [-0.25, -0.2) is 0 Å². The summed E-state index contributed by atoms with van der Waals surface area (Å²) in [6.45, 7) is 0. The van der Waals surface area contributed by atoms with Gasteiger partial charge in [0.25, 0.3) is 21.1 Å². The molecule has 0 bridgehead atoms. The minimum atomic E-state index is -4.12. The fourth-order valence-electron chi connectivity index (χ4n) is 2.04. The molecular formula is C12H10F3IO3S. The second kappa shape index (κ2) is 6.14. The van der Waals surface area contributed by atoms with Crippen LogP contribution in [0.15, 0.2) is 30.3 Å². The van der Waals surface area contributed by atoms with Crippen molar-refractivity contribution in [2.24, 2.45) is 0 Å². The lowest BCUT2D eigenvalue weighted by atomic mass is 10.2. The molecule has 1 unspecified atom stereocenters. The van der Waals surface area contributed by atoms with Crippen LogP contribution in [0.5, 0.6) is 0 Å². The Balaban J connectivity index is 0.000000328. The molecule has 0 aliphatic heterocycles. The van der Waals surface area contributed by atoms with Gasteiger partial charge < -0.3 is 10.3 Å². The molecule has 2 aromatic rings. The smallest absolute Gasteiger partial charge is 0.427 e. The molecule has 0 spiro atoms. The van der Waals surface area contributed by atoms with Crippen molar-refractivity contribution in [1.82, 2.24) is 0 Å². The number of hydrogen-bond donors (Lipinski definition) is 0. The van der Waals surface area contributed by atoms with Crippen LogP contribution in [0.3, 0.4) is 0 Å². The second-order valence-electron chi connectivity index (χ2n) is 4.30. The van der Waals surface area contributed by atoms with Crippen molar-refractivity contribution in [3.8, 4) is 0 Å². The van der Waals surface area contributed by atoms with Gasteiger partial charge in [-0.1, -0.05) is 12.1 Å². The van der Waals surface area contributed by atoms with E-state index in [-0.39, 0.29) is 5.92 Å². The third-order valence-corrected chi connectivity index (χ3v) is 5.08. The molecule has 1 aromatic heterocycles. The zero-order valence-corrected chi connectivity index (χ0v) is 13.0. The van der Waals surface area contributed by atoms with E-state index in [1.807, 2.05) is 0 Å². The molecule has 0 amide bonds. The SMILES string of the molecule is FC(F)(F)[s+]1c(C2CC2)cc2ccccc21.[O-][I+2]([O-])[O-]. The number of alkyl halides is 3. The van der Waals surface area contributed by atoms with Gasteiger partial charge in [0.15, 0.2) is 9.58 Å². The van der Waals surface area contributed by atoms with E-state index in [0.29, 0.717) is 9.58 Å². The maximum Gasteiger partial charge on any atom is 0.600 e. The molecule has 1 aliphatic rings. The first-order valence-corrected chi connectivity index (χ1v) is 9.52. The van der Waals surface area contributed by atoms with E-state index in [0.717, 1.165) is 18.2 Å². The summed E-state index contributed by atoms with van der Waals surface area (Å²) in [6, 6.07) is 8.62. The third kappa shape index (κ3) is 3.82. The van der Waals surface area contributed by atoms with E-state index in [9.17, 15) is 13.2 Å². The molecule has 20 heavy (non-hydrogen) atoms. The minimum Gasteiger partial charge on any atom is -0.427 e. The first kappa shape index (κ1) is 16.0. The maximum atomic E-state index is 13.0. The lowest BCUT2D eigenvalue weighted by molar-refractivity contribution is -1.73. The van der Waals surface area contributed by atoms with Crippen molar-refractivity contribution in [2.75, 3.05) is 0 Å². The zero-order chi connectivity index (χ0) is 14.9. The maximum absolute atomic E-state index is 13.0. The van der Waals surface area contributed by atoms with Crippen molar-refractivity contribution in [2.45, 2.75) is 24.3 Å². The Labute approximate surface area is 124 Å². The minimum absolute atomic E-state index is 0.178. The van der Waals surface area contributed by atoms with Crippen LogP contribution >= 0.6 is 10.5 Å². The van der Waals surface area contributed by atoms with Crippen molar-refractivity contribution >= 4 is 20.6 Å². The monoisotopic (exact) mass is 418 g/mol. The Kier molecular flexibility index (Phi) is 4.90. The van der Waals surface area contributed by atoms with E-state index in [1.165, 1.54) is 0 Å². The predicted molar refractivity (Wildman–Crippen MR) is 59.7 cm³/mol. The molecule has 3 rings (SSSR count). The van der Waals surface area contributed by atoms with E-state index < -0.39 is 37.0 Å². The van der Waals surface area contributed by atoms with Crippen LogP contribution in [-0.2, 0) is 5.51 Å². The Morgan fingerprint density at radius 1 is 1.10 bits per heavy atom. The number of thiophene rings is 1. The van der Waals surface area contributed by atoms with Gasteiger partial charge in [-0.3, -0.25) is 0 Å². The van der Waals surface area contributed by atoms with Gasteiger partial charge in [0, 0.05) is 17.4 Å². The molecule has 110 valence electrons. The van der Waals surface area contributed by atoms with Gasteiger partial charge >= 0.3 is 5.51 Å². The first-order chi connectivity index (χ1) is 9.30. The van der Waals surface area contributed by atoms with E-state index in [4.69, 9.17) is 10.3 Å². The Hall–Kier alpha value is -0.420. The molecule has 1 aromatic carbocycles. The van der Waals surface area contributed by atoms with Crippen LogP contribution in [0.2, 0.25) is 0 Å². The molecule has 1 aliphatic carbocycles. The van der Waals surface area contributed by atoms with Gasteiger partial charge in [-0.05, 0) is 25.0 Å². The van der Waals surface area contributed by atoms with Gasteiger partial charge in [-0.15, -0.1) is 13.2 Å². The van der Waals surface area contributed by atoms with Crippen molar-refractivity contribution < 1.29 is 44.5 Å². The molecule has 0 saturated heterocycles. The van der Waals surface area contributed by atoms with E-state index in [1.54, 1.807) is 30.3 Å². The Morgan fingerprint density at radius 3 is 2.15 bits per heavy atom. The largest absolute Gasteiger partial charge is 0.600 e. The number of fused-ring (bicyclic) bond motifs is 1. The standard InChI is InChI=1S/C12H10F3S.IO3/c13-12(14,15)16-10-4-2-1-3-9(10)7-11(16)8-5-6-8;2-1(3)4/h1-4,7-8H,5-6H2;/q+1;-1. The molecule has 0 radical (unpaired) electrons. The first-order valence-electron chi connectivity index (χ1n) is 5.65. The molecule has 8 heteroatoms. The molecule has 3 nitrogen and oxygen atoms in total. The van der Waals surface area contributed by atoms with E-state index >= 15 is 0 Å². The highest BCUT2D eigenvalue weighted by Crippen LogP contribution is 2.57. The highest BCUT2D eigenvalue weighted by molar-refractivity contribution is 7.38. The average molecular weight is 418 g/mol. The van der Waals surface area contributed by atoms with Gasteiger partial charge in [0.1, 0.15) is 0 Å². The number of halogens is 4. The summed E-state index contributed by atoms with van der Waals surface area (Å²) < 4.78 is 65.3. The number of rotatable bonds is 1. The molecule has 0 N–H and O–H groups in total. The molecular weight excluding hydrogens is 408 g/mol. The lowest BCUT2D eigenvalue weighted by Gasteiger charge is -1.98. The van der Waals surface area contributed by atoms with Crippen molar-refractivity contribution in [3.05, 3.63) is 35.2 Å². The van der Waals surface area contributed by atoms with Crippen LogP contribution in [0, 0.1) is 0 Å². The zero-order valence-electron chi connectivity index (χ0n) is 10.0. The predicted octanol–water partition coefficient (Wildman–Crippen LogP) is -1.62. The summed E-state index contributed by atoms with van der Waals surface area (Å²) in [5.74, 6) is 0.178. The summed E-state index contributed by atoms with van der Waals surface area (Å²) >= 11 is -4.01. The van der Waals surface area contributed by atoms with Gasteiger partial charge in [-0.2, -0.15) is 0 Å². The van der Waals surface area contributed by atoms with Crippen LogP contribution in [0.25, 0.3) is 10.1 Å². The summed E-state index contributed by atoms with van der Waals surface area (Å²) in [6.07, 6.45) is 1.83. The van der Waals surface area contributed by atoms with Gasteiger partial charge in [0.2, 0.25) is 0 Å².